The van der Waals surface area contributed by atoms with E-state index in [4.69, 9.17) is 5.11 Å². The Bertz CT molecular complexity index is 405. The Morgan fingerprint density at radius 1 is 1.28 bits per heavy atom. The van der Waals surface area contributed by atoms with E-state index in [-0.39, 0.29) is 18.6 Å². The fourth-order valence-corrected chi connectivity index (χ4v) is 2.39. The van der Waals surface area contributed by atoms with Gasteiger partial charge in [-0.1, -0.05) is 40.2 Å². The van der Waals surface area contributed by atoms with Crippen LogP contribution in [0.1, 0.15) is 18.1 Å². The molecule has 2 rings (SSSR count). The van der Waals surface area contributed by atoms with Crippen molar-refractivity contribution >= 4 is 15.9 Å². The van der Waals surface area contributed by atoms with E-state index in [2.05, 4.69) is 27.3 Å². The van der Waals surface area contributed by atoms with Gasteiger partial charge < -0.3 is 15.5 Å². The maximum atomic E-state index is 10.0. The smallest absolute Gasteiger partial charge is 0.0914 e. The van der Waals surface area contributed by atoms with Crippen molar-refractivity contribution < 1.29 is 10.2 Å². The van der Waals surface area contributed by atoms with Crippen LogP contribution in [0.5, 0.6) is 0 Å². The average Bonchev–Trinajstić information content (AvgIpc) is 2.85. The molecule has 0 aromatic heterocycles. The van der Waals surface area contributed by atoms with E-state index in [1.807, 2.05) is 30.3 Å². The van der Waals surface area contributed by atoms with Crippen molar-refractivity contribution in [3.63, 3.8) is 0 Å². The van der Waals surface area contributed by atoms with E-state index in [0.29, 0.717) is 6.54 Å². The Balaban J connectivity index is 1.80. The van der Waals surface area contributed by atoms with E-state index in [1.54, 1.807) is 0 Å². The molecule has 0 unspecified atom stereocenters. The van der Waals surface area contributed by atoms with Crippen LogP contribution in [0.25, 0.3) is 0 Å². The molecule has 3 N–H and O–H groups in total. The molecule has 0 saturated heterocycles. The van der Waals surface area contributed by atoms with E-state index in [0.717, 1.165) is 16.5 Å². The summed E-state index contributed by atoms with van der Waals surface area (Å²) in [4.78, 5) is 0. The number of rotatable bonds is 5. The van der Waals surface area contributed by atoms with Gasteiger partial charge in [0.2, 0.25) is 0 Å². The second-order valence-electron chi connectivity index (χ2n) is 4.65. The normalized spacial score (nSPS) is 24.4. The molecule has 0 fully saturated rings. The second kappa shape index (κ2) is 6.48. The molecule has 0 bridgehead atoms. The summed E-state index contributed by atoms with van der Waals surface area (Å²) in [7, 11) is 0. The van der Waals surface area contributed by atoms with E-state index >= 15 is 0 Å². The SMILES string of the molecule is OC[C@H]1C=C[C@@H](NC[C@H](O)c2ccc(Br)cc2)C1. The molecule has 1 aromatic rings. The topological polar surface area (TPSA) is 52.5 Å². The number of nitrogens with one attached hydrogen (secondary N) is 1. The van der Waals surface area contributed by atoms with Gasteiger partial charge in [-0.3, -0.25) is 0 Å². The Kier molecular flexibility index (Phi) is 4.95. The minimum Gasteiger partial charge on any atom is -0.396 e. The molecule has 0 amide bonds. The molecule has 1 aromatic carbocycles. The molecule has 18 heavy (non-hydrogen) atoms. The predicted molar refractivity (Wildman–Crippen MR) is 75.2 cm³/mol. The molecule has 0 spiro atoms. The molecular formula is C14H18BrNO2. The highest BCUT2D eigenvalue weighted by Crippen LogP contribution is 2.19. The Hall–Kier alpha value is -0.680. The van der Waals surface area contributed by atoms with Crippen LogP contribution < -0.4 is 5.32 Å². The maximum absolute atomic E-state index is 10.0. The molecule has 0 aliphatic heterocycles. The van der Waals surface area contributed by atoms with Gasteiger partial charge in [0.15, 0.2) is 0 Å². The zero-order chi connectivity index (χ0) is 13.0. The quantitative estimate of drug-likeness (QED) is 0.729. The van der Waals surface area contributed by atoms with Crippen LogP contribution in [0, 0.1) is 5.92 Å². The molecule has 4 heteroatoms. The van der Waals surface area contributed by atoms with Gasteiger partial charge in [-0.15, -0.1) is 0 Å². The molecule has 3 atom stereocenters. The molecule has 0 saturated carbocycles. The standard InChI is InChI=1S/C14H18BrNO2/c15-12-4-2-11(3-5-12)14(18)8-16-13-6-1-10(7-13)9-17/h1-6,10,13-14,16-18H,7-9H2/t10-,13+,14-/m0/s1. The zero-order valence-electron chi connectivity index (χ0n) is 10.1. The number of aliphatic hydroxyl groups excluding tert-OH is 2. The largest absolute Gasteiger partial charge is 0.396 e. The average molecular weight is 312 g/mol. The first-order valence-corrected chi connectivity index (χ1v) is 6.94. The molecule has 0 radical (unpaired) electrons. The van der Waals surface area contributed by atoms with E-state index < -0.39 is 6.10 Å². The summed E-state index contributed by atoms with van der Waals surface area (Å²) in [5.74, 6) is 0.257. The fourth-order valence-electron chi connectivity index (χ4n) is 2.13. The van der Waals surface area contributed by atoms with Crippen LogP contribution in [0.15, 0.2) is 40.9 Å². The van der Waals surface area contributed by atoms with Crippen molar-refractivity contribution in [3.8, 4) is 0 Å². The summed E-state index contributed by atoms with van der Waals surface area (Å²) >= 11 is 3.37. The summed E-state index contributed by atoms with van der Waals surface area (Å²) in [5, 5.41) is 22.4. The highest BCUT2D eigenvalue weighted by Gasteiger charge is 2.18. The Labute approximate surface area is 116 Å². The lowest BCUT2D eigenvalue weighted by Gasteiger charge is -2.16. The van der Waals surface area contributed by atoms with Crippen LogP contribution >= 0.6 is 15.9 Å². The van der Waals surface area contributed by atoms with Crippen molar-refractivity contribution in [3.05, 3.63) is 46.5 Å². The fraction of sp³-hybridized carbons (Fsp3) is 0.429. The van der Waals surface area contributed by atoms with Gasteiger partial charge in [0.25, 0.3) is 0 Å². The van der Waals surface area contributed by atoms with E-state index in [9.17, 15) is 5.11 Å². The lowest BCUT2D eigenvalue weighted by atomic mass is 10.1. The Morgan fingerprint density at radius 3 is 2.61 bits per heavy atom. The summed E-state index contributed by atoms with van der Waals surface area (Å²) in [6.45, 7) is 0.721. The summed E-state index contributed by atoms with van der Waals surface area (Å²) < 4.78 is 1.01. The lowest BCUT2D eigenvalue weighted by Crippen LogP contribution is -2.30. The van der Waals surface area contributed by atoms with Crippen LogP contribution in [-0.2, 0) is 0 Å². The number of halogens is 1. The highest BCUT2D eigenvalue weighted by molar-refractivity contribution is 9.10. The molecule has 1 aliphatic rings. The third-order valence-electron chi connectivity index (χ3n) is 3.23. The summed E-state index contributed by atoms with van der Waals surface area (Å²) in [6.07, 6.45) is 4.50. The first-order valence-electron chi connectivity index (χ1n) is 6.15. The number of benzene rings is 1. The van der Waals surface area contributed by atoms with Gasteiger partial charge in [-0.25, -0.2) is 0 Å². The van der Waals surface area contributed by atoms with Crippen molar-refractivity contribution in [2.24, 2.45) is 5.92 Å². The number of aliphatic hydroxyl groups is 2. The van der Waals surface area contributed by atoms with Crippen molar-refractivity contribution in [2.45, 2.75) is 18.6 Å². The first-order chi connectivity index (χ1) is 8.69. The minimum absolute atomic E-state index is 0.198. The summed E-state index contributed by atoms with van der Waals surface area (Å²) in [5.41, 5.74) is 0.909. The van der Waals surface area contributed by atoms with Crippen LogP contribution in [0.4, 0.5) is 0 Å². The van der Waals surface area contributed by atoms with Gasteiger partial charge >= 0.3 is 0 Å². The van der Waals surface area contributed by atoms with Gasteiger partial charge in [-0.2, -0.15) is 0 Å². The third-order valence-corrected chi connectivity index (χ3v) is 3.76. The molecular weight excluding hydrogens is 294 g/mol. The predicted octanol–water partition coefficient (Wildman–Crippen LogP) is 2.01. The van der Waals surface area contributed by atoms with Gasteiger partial charge in [0.05, 0.1) is 6.10 Å². The Morgan fingerprint density at radius 2 is 2.00 bits per heavy atom. The van der Waals surface area contributed by atoms with Crippen molar-refractivity contribution in [2.75, 3.05) is 13.2 Å². The molecule has 3 nitrogen and oxygen atoms in total. The number of hydrogen-bond acceptors (Lipinski definition) is 3. The third kappa shape index (κ3) is 3.65. The van der Waals surface area contributed by atoms with Crippen LogP contribution in [0.2, 0.25) is 0 Å². The maximum Gasteiger partial charge on any atom is 0.0914 e. The number of hydrogen-bond donors (Lipinski definition) is 3. The molecule has 0 heterocycles. The van der Waals surface area contributed by atoms with Crippen molar-refractivity contribution in [1.82, 2.24) is 5.32 Å². The first kappa shape index (κ1) is 13.7. The monoisotopic (exact) mass is 311 g/mol. The van der Waals surface area contributed by atoms with E-state index in [1.165, 1.54) is 0 Å². The van der Waals surface area contributed by atoms with Crippen LogP contribution in [0.3, 0.4) is 0 Å². The summed E-state index contributed by atoms with van der Waals surface area (Å²) in [6, 6.07) is 7.94. The minimum atomic E-state index is -0.500. The second-order valence-corrected chi connectivity index (χ2v) is 5.56. The lowest BCUT2D eigenvalue weighted by molar-refractivity contribution is 0.170. The molecule has 1 aliphatic carbocycles. The van der Waals surface area contributed by atoms with Gasteiger partial charge in [-0.05, 0) is 24.1 Å². The zero-order valence-corrected chi connectivity index (χ0v) is 11.7. The van der Waals surface area contributed by atoms with Crippen molar-refractivity contribution in [1.29, 1.82) is 0 Å². The highest BCUT2D eigenvalue weighted by atomic mass is 79.9. The molecule has 98 valence electrons. The van der Waals surface area contributed by atoms with Crippen LogP contribution in [-0.4, -0.2) is 29.4 Å². The van der Waals surface area contributed by atoms with Gasteiger partial charge in [0, 0.05) is 29.6 Å². The van der Waals surface area contributed by atoms with Gasteiger partial charge in [0.1, 0.15) is 0 Å².